The quantitative estimate of drug-likeness (QED) is 0.880. The standard InChI is InChI=1S/C17H22FNO4S/c1-11-4-5-13(18)14(10-11)23-17(16(21)22)6-8-19(9-7-17)15(20)12(2)24-3/h4-5,10,12H,6-9H2,1-3H3,(H,21,22)/t12-/m0/s1. The number of carboxylic acids is 1. The van der Waals surface area contributed by atoms with Gasteiger partial charge in [-0.25, -0.2) is 9.18 Å². The molecule has 24 heavy (non-hydrogen) atoms. The number of carbonyl (C=O) groups is 2. The van der Waals surface area contributed by atoms with E-state index in [0.29, 0.717) is 0 Å². The molecule has 1 aliphatic rings. The van der Waals surface area contributed by atoms with Crippen LogP contribution in [0.15, 0.2) is 18.2 Å². The van der Waals surface area contributed by atoms with Crippen molar-refractivity contribution in [3.8, 4) is 5.75 Å². The van der Waals surface area contributed by atoms with Gasteiger partial charge in [-0.1, -0.05) is 6.07 Å². The SMILES string of the molecule is CS[C@@H](C)C(=O)N1CCC(Oc2cc(C)ccc2F)(C(=O)O)CC1. The Hall–Kier alpha value is -1.76. The van der Waals surface area contributed by atoms with Gasteiger partial charge in [0.2, 0.25) is 11.5 Å². The van der Waals surface area contributed by atoms with Crippen LogP contribution in [0, 0.1) is 12.7 Å². The minimum absolute atomic E-state index is 0.0109. The number of piperidine rings is 1. The minimum atomic E-state index is -1.51. The molecule has 1 atom stereocenters. The average molecular weight is 355 g/mol. The van der Waals surface area contributed by atoms with Crippen molar-refractivity contribution in [1.82, 2.24) is 4.90 Å². The summed E-state index contributed by atoms with van der Waals surface area (Å²) in [5, 5.41) is 9.47. The molecule has 132 valence electrons. The van der Waals surface area contributed by atoms with Crippen molar-refractivity contribution < 1.29 is 23.8 Å². The van der Waals surface area contributed by atoms with Gasteiger partial charge in [0, 0.05) is 25.9 Å². The lowest BCUT2D eigenvalue weighted by Crippen LogP contribution is -2.55. The first-order chi connectivity index (χ1) is 11.3. The van der Waals surface area contributed by atoms with Crippen LogP contribution in [0.3, 0.4) is 0 Å². The van der Waals surface area contributed by atoms with Crippen LogP contribution in [-0.2, 0) is 9.59 Å². The van der Waals surface area contributed by atoms with Crippen molar-refractivity contribution >= 4 is 23.6 Å². The maximum Gasteiger partial charge on any atom is 0.348 e. The van der Waals surface area contributed by atoms with Crippen LogP contribution in [0.4, 0.5) is 4.39 Å². The third kappa shape index (κ3) is 3.83. The summed E-state index contributed by atoms with van der Waals surface area (Å²) in [7, 11) is 0. The number of carboxylic acid groups (broad SMARTS) is 1. The normalized spacial score (nSPS) is 18.1. The van der Waals surface area contributed by atoms with Crippen molar-refractivity contribution in [2.75, 3.05) is 19.3 Å². The van der Waals surface area contributed by atoms with E-state index in [1.54, 1.807) is 17.9 Å². The maximum absolute atomic E-state index is 13.9. The van der Waals surface area contributed by atoms with Crippen LogP contribution < -0.4 is 4.74 Å². The number of rotatable bonds is 5. The average Bonchev–Trinajstić information content (AvgIpc) is 2.57. The summed E-state index contributed by atoms with van der Waals surface area (Å²) in [4.78, 5) is 25.7. The molecule has 1 aromatic rings. The van der Waals surface area contributed by atoms with Gasteiger partial charge in [-0.3, -0.25) is 4.79 Å². The molecule has 0 aromatic heterocycles. The third-order valence-corrected chi connectivity index (χ3v) is 5.27. The summed E-state index contributed by atoms with van der Waals surface area (Å²) in [6.07, 6.45) is 2.11. The fourth-order valence-corrected chi connectivity index (χ4v) is 3.06. The molecule has 0 unspecified atom stereocenters. The second-order valence-electron chi connectivity index (χ2n) is 6.04. The van der Waals surface area contributed by atoms with E-state index in [4.69, 9.17) is 4.74 Å². The monoisotopic (exact) mass is 355 g/mol. The molecule has 1 N–H and O–H groups in total. The number of thioether (sulfide) groups is 1. The molecule has 7 heteroatoms. The zero-order valence-electron chi connectivity index (χ0n) is 14.0. The molecule has 1 fully saturated rings. The molecule has 0 spiro atoms. The summed E-state index contributed by atoms with van der Waals surface area (Å²) in [6.45, 7) is 4.17. The van der Waals surface area contributed by atoms with Crippen molar-refractivity contribution in [2.24, 2.45) is 0 Å². The lowest BCUT2D eigenvalue weighted by atomic mass is 9.90. The van der Waals surface area contributed by atoms with Gasteiger partial charge in [0.1, 0.15) is 0 Å². The number of ether oxygens (including phenoxy) is 1. The smallest absolute Gasteiger partial charge is 0.348 e. The van der Waals surface area contributed by atoms with E-state index in [0.717, 1.165) is 5.56 Å². The van der Waals surface area contributed by atoms with Gasteiger partial charge in [-0.05, 0) is 37.8 Å². The highest BCUT2D eigenvalue weighted by Crippen LogP contribution is 2.32. The van der Waals surface area contributed by atoms with Crippen LogP contribution in [0.25, 0.3) is 0 Å². The Morgan fingerprint density at radius 2 is 2.00 bits per heavy atom. The van der Waals surface area contributed by atoms with Crippen LogP contribution >= 0.6 is 11.8 Å². The zero-order valence-corrected chi connectivity index (χ0v) is 14.9. The molecule has 0 aliphatic carbocycles. The summed E-state index contributed by atoms with van der Waals surface area (Å²) in [6, 6.07) is 4.35. The molecule has 1 aromatic carbocycles. The Morgan fingerprint density at radius 1 is 1.38 bits per heavy atom. The van der Waals surface area contributed by atoms with E-state index in [1.807, 2.05) is 13.2 Å². The molecular weight excluding hydrogens is 333 g/mol. The van der Waals surface area contributed by atoms with Crippen LogP contribution in [0.5, 0.6) is 5.75 Å². The number of halogens is 1. The van der Waals surface area contributed by atoms with E-state index in [9.17, 15) is 19.1 Å². The van der Waals surface area contributed by atoms with Crippen molar-refractivity contribution in [3.63, 3.8) is 0 Å². The number of aliphatic carboxylic acids is 1. The van der Waals surface area contributed by atoms with E-state index >= 15 is 0 Å². The van der Waals surface area contributed by atoms with E-state index < -0.39 is 17.4 Å². The Bertz CT molecular complexity index is 629. The van der Waals surface area contributed by atoms with Crippen LogP contribution in [0.1, 0.15) is 25.3 Å². The number of hydrogen-bond acceptors (Lipinski definition) is 4. The van der Waals surface area contributed by atoms with Gasteiger partial charge >= 0.3 is 5.97 Å². The topological polar surface area (TPSA) is 66.8 Å². The van der Waals surface area contributed by atoms with Gasteiger partial charge in [0.05, 0.1) is 5.25 Å². The lowest BCUT2D eigenvalue weighted by molar-refractivity contribution is -0.162. The molecule has 5 nitrogen and oxygen atoms in total. The van der Waals surface area contributed by atoms with Gasteiger partial charge in [-0.2, -0.15) is 11.8 Å². The first kappa shape index (κ1) is 18.6. The molecule has 0 saturated carbocycles. The summed E-state index contributed by atoms with van der Waals surface area (Å²) in [5.74, 6) is -1.79. The zero-order chi connectivity index (χ0) is 17.9. The molecule has 1 heterocycles. The summed E-state index contributed by atoms with van der Waals surface area (Å²) >= 11 is 1.45. The molecule has 2 rings (SSSR count). The van der Waals surface area contributed by atoms with E-state index in [1.165, 1.54) is 23.9 Å². The number of nitrogens with zero attached hydrogens (tertiary/aromatic N) is 1. The van der Waals surface area contributed by atoms with E-state index in [-0.39, 0.29) is 42.8 Å². The Morgan fingerprint density at radius 3 is 2.54 bits per heavy atom. The van der Waals surface area contributed by atoms with Crippen LogP contribution in [0.2, 0.25) is 0 Å². The lowest BCUT2D eigenvalue weighted by Gasteiger charge is -2.39. The number of benzene rings is 1. The fourth-order valence-electron chi connectivity index (χ4n) is 2.71. The van der Waals surface area contributed by atoms with Crippen LogP contribution in [-0.4, -0.2) is 52.1 Å². The highest BCUT2D eigenvalue weighted by Gasteiger charge is 2.45. The largest absolute Gasteiger partial charge is 0.478 e. The number of likely N-dealkylation sites (tertiary alicyclic amines) is 1. The predicted molar refractivity (Wildman–Crippen MR) is 90.9 cm³/mol. The Balaban J connectivity index is 2.15. The molecule has 1 aliphatic heterocycles. The fraction of sp³-hybridized carbons (Fsp3) is 0.529. The minimum Gasteiger partial charge on any atom is -0.478 e. The molecule has 0 bridgehead atoms. The molecule has 1 saturated heterocycles. The second kappa shape index (κ2) is 7.42. The van der Waals surface area contributed by atoms with Gasteiger partial charge in [0.15, 0.2) is 11.6 Å². The maximum atomic E-state index is 13.9. The molecule has 0 radical (unpaired) electrons. The van der Waals surface area contributed by atoms with Gasteiger partial charge < -0.3 is 14.7 Å². The van der Waals surface area contributed by atoms with Gasteiger partial charge in [-0.15, -0.1) is 0 Å². The summed E-state index contributed by atoms with van der Waals surface area (Å²) in [5.41, 5.74) is -0.720. The van der Waals surface area contributed by atoms with E-state index in [2.05, 4.69) is 0 Å². The van der Waals surface area contributed by atoms with Crippen molar-refractivity contribution in [2.45, 2.75) is 37.5 Å². The highest BCUT2D eigenvalue weighted by molar-refractivity contribution is 7.99. The molecule has 1 amide bonds. The van der Waals surface area contributed by atoms with Gasteiger partial charge in [0.25, 0.3) is 0 Å². The van der Waals surface area contributed by atoms with Crippen molar-refractivity contribution in [3.05, 3.63) is 29.6 Å². The highest BCUT2D eigenvalue weighted by atomic mass is 32.2. The Labute approximate surface area is 145 Å². The first-order valence-corrected chi connectivity index (χ1v) is 9.08. The second-order valence-corrected chi connectivity index (χ2v) is 7.22. The first-order valence-electron chi connectivity index (χ1n) is 7.79. The number of amides is 1. The molecular formula is C17H22FNO4S. The third-order valence-electron chi connectivity index (χ3n) is 4.37. The van der Waals surface area contributed by atoms with Crippen molar-refractivity contribution in [1.29, 1.82) is 0 Å². The number of hydrogen-bond donors (Lipinski definition) is 1. The number of aryl methyl sites for hydroxylation is 1. The summed E-state index contributed by atoms with van der Waals surface area (Å²) < 4.78 is 19.5. The number of carbonyl (C=O) groups excluding carboxylic acids is 1. The predicted octanol–water partition coefficient (Wildman–Crippen LogP) is 2.71. The Kier molecular flexibility index (Phi) is 5.74.